The van der Waals surface area contributed by atoms with Crippen LogP contribution in [0.5, 0.6) is 0 Å². The molecule has 0 aromatic carbocycles. The maximum absolute atomic E-state index is 12.4. The molecule has 1 aromatic heterocycles. The third kappa shape index (κ3) is 6.21. The maximum Gasteiger partial charge on any atom is 0.345 e. The fraction of sp³-hybridized carbons (Fsp3) is 0.800. The molecule has 170 valence electrons. The van der Waals surface area contributed by atoms with E-state index in [1.165, 1.54) is 0 Å². The van der Waals surface area contributed by atoms with Gasteiger partial charge in [0.15, 0.2) is 5.96 Å². The number of esters is 1. The van der Waals surface area contributed by atoms with Crippen molar-refractivity contribution < 1.29 is 9.53 Å². The van der Waals surface area contributed by atoms with Crippen LogP contribution in [0.25, 0.3) is 0 Å². The lowest BCUT2D eigenvalue weighted by atomic mass is 9.98. The number of rotatable bonds is 7. The summed E-state index contributed by atoms with van der Waals surface area (Å²) in [5, 5.41) is 7.81. The second-order valence-corrected chi connectivity index (χ2v) is 7.66. The smallest absolute Gasteiger partial charge is 0.345 e. The Labute approximate surface area is 195 Å². The van der Waals surface area contributed by atoms with E-state index in [0.29, 0.717) is 26.2 Å². The number of carbonyl (C=O) groups excluding carboxylic acids is 1. The van der Waals surface area contributed by atoms with Crippen LogP contribution in [-0.2, 0) is 29.0 Å². The SMILES string of the molecule is CCNC(=NCCCn1nc2n(c1=O)CCCC2)N1CCCC(C(=O)OCC)C1.I. The van der Waals surface area contributed by atoms with Gasteiger partial charge in [-0.1, -0.05) is 0 Å². The van der Waals surface area contributed by atoms with E-state index in [2.05, 4.69) is 15.3 Å². The number of nitrogens with zero attached hydrogens (tertiary/aromatic N) is 5. The first-order valence-corrected chi connectivity index (χ1v) is 11.0. The predicted octanol–water partition coefficient (Wildman–Crippen LogP) is 1.63. The number of likely N-dealkylation sites (tertiary alicyclic amines) is 1. The molecular formula is C20H35IN6O3. The van der Waals surface area contributed by atoms with Crippen molar-refractivity contribution in [3.63, 3.8) is 0 Å². The summed E-state index contributed by atoms with van der Waals surface area (Å²) in [6, 6.07) is 0. The number of piperidine rings is 1. The molecule has 0 amide bonds. The van der Waals surface area contributed by atoms with E-state index in [1.54, 1.807) is 9.25 Å². The van der Waals surface area contributed by atoms with Gasteiger partial charge < -0.3 is 15.0 Å². The van der Waals surface area contributed by atoms with E-state index in [0.717, 1.165) is 69.9 Å². The fourth-order valence-corrected chi connectivity index (χ4v) is 4.05. The molecule has 1 aromatic rings. The zero-order valence-corrected chi connectivity index (χ0v) is 20.5. The molecule has 1 atom stereocenters. The summed E-state index contributed by atoms with van der Waals surface area (Å²) >= 11 is 0. The molecule has 0 radical (unpaired) electrons. The molecule has 9 nitrogen and oxygen atoms in total. The highest BCUT2D eigenvalue weighted by Gasteiger charge is 2.28. The topological polar surface area (TPSA) is 93.8 Å². The Morgan fingerprint density at radius 1 is 1.27 bits per heavy atom. The molecule has 3 heterocycles. The van der Waals surface area contributed by atoms with Gasteiger partial charge in [-0.25, -0.2) is 9.48 Å². The Balaban J connectivity index is 0.00000320. The fourth-order valence-electron chi connectivity index (χ4n) is 4.05. The Kier molecular flexibility index (Phi) is 10.1. The summed E-state index contributed by atoms with van der Waals surface area (Å²) in [7, 11) is 0. The second kappa shape index (κ2) is 12.3. The third-order valence-corrected chi connectivity index (χ3v) is 5.50. The van der Waals surface area contributed by atoms with Gasteiger partial charge >= 0.3 is 11.7 Å². The van der Waals surface area contributed by atoms with E-state index >= 15 is 0 Å². The zero-order valence-electron chi connectivity index (χ0n) is 18.1. The molecule has 1 N–H and O–H groups in total. The van der Waals surface area contributed by atoms with Gasteiger partial charge in [0.1, 0.15) is 5.82 Å². The number of nitrogens with one attached hydrogen (secondary N) is 1. The third-order valence-electron chi connectivity index (χ3n) is 5.50. The minimum atomic E-state index is -0.115. The number of aromatic nitrogens is 3. The minimum absolute atomic E-state index is 0. The normalized spacial score (nSPS) is 19.1. The number of guanidine groups is 1. The van der Waals surface area contributed by atoms with Crippen molar-refractivity contribution in [2.45, 2.75) is 65.5 Å². The molecule has 0 aliphatic carbocycles. The summed E-state index contributed by atoms with van der Waals surface area (Å²) in [6.07, 6.45) is 5.61. The van der Waals surface area contributed by atoms with Crippen LogP contribution in [0.1, 0.15) is 51.8 Å². The lowest BCUT2D eigenvalue weighted by Gasteiger charge is -2.34. The van der Waals surface area contributed by atoms with Gasteiger partial charge in [-0.05, 0) is 46.0 Å². The Hall–Kier alpha value is -1.59. The summed E-state index contributed by atoms with van der Waals surface area (Å²) in [6.45, 7) is 8.56. The summed E-state index contributed by atoms with van der Waals surface area (Å²) in [5.74, 6) is 1.54. The molecule has 3 rings (SSSR count). The van der Waals surface area contributed by atoms with Crippen molar-refractivity contribution in [1.82, 2.24) is 24.6 Å². The Bertz CT molecular complexity index is 775. The summed E-state index contributed by atoms with van der Waals surface area (Å²) in [4.78, 5) is 31.4. The number of carbonyl (C=O) groups is 1. The first-order valence-electron chi connectivity index (χ1n) is 11.0. The van der Waals surface area contributed by atoms with Crippen molar-refractivity contribution in [3.05, 3.63) is 16.3 Å². The molecule has 30 heavy (non-hydrogen) atoms. The first kappa shape index (κ1) is 24.7. The molecule has 1 saturated heterocycles. The molecular weight excluding hydrogens is 499 g/mol. The second-order valence-electron chi connectivity index (χ2n) is 7.66. The van der Waals surface area contributed by atoms with Crippen LogP contribution < -0.4 is 11.0 Å². The van der Waals surface area contributed by atoms with Gasteiger partial charge in [-0.15, -0.1) is 24.0 Å². The van der Waals surface area contributed by atoms with Crippen LogP contribution >= 0.6 is 24.0 Å². The van der Waals surface area contributed by atoms with Crippen LogP contribution in [0.2, 0.25) is 0 Å². The maximum atomic E-state index is 12.4. The lowest BCUT2D eigenvalue weighted by molar-refractivity contribution is -0.149. The van der Waals surface area contributed by atoms with Crippen molar-refractivity contribution >= 4 is 35.9 Å². The van der Waals surface area contributed by atoms with Gasteiger partial charge in [0.25, 0.3) is 0 Å². The number of halogens is 1. The molecule has 1 unspecified atom stereocenters. The van der Waals surface area contributed by atoms with Gasteiger partial charge in [0.2, 0.25) is 0 Å². The highest BCUT2D eigenvalue weighted by molar-refractivity contribution is 14.0. The molecule has 1 fully saturated rings. The van der Waals surface area contributed by atoms with Crippen molar-refractivity contribution in [2.75, 3.05) is 32.8 Å². The summed E-state index contributed by atoms with van der Waals surface area (Å²) < 4.78 is 8.59. The number of ether oxygens (including phenoxy) is 1. The quantitative estimate of drug-likeness (QED) is 0.188. The van der Waals surface area contributed by atoms with E-state index in [-0.39, 0.29) is 41.6 Å². The van der Waals surface area contributed by atoms with E-state index < -0.39 is 0 Å². The monoisotopic (exact) mass is 534 g/mol. The van der Waals surface area contributed by atoms with Crippen molar-refractivity contribution in [2.24, 2.45) is 10.9 Å². The average Bonchev–Trinajstić information content (AvgIpc) is 3.06. The van der Waals surface area contributed by atoms with Gasteiger partial charge in [-0.2, -0.15) is 5.10 Å². The number of fused-ring (bicyclic) bond motifs is 1. The Morgan fingerprint density at radius 3 is 2.83 bits per heavy atom. The Morgan fingerprint density at radius 2 is 2.10 bits per heavy atom. The highest BCUT2D eigenvalue weighted by atomic mass is 127. The summed E-state index contributed by atoms with van der Waals surface area (Å²) in [5.41, 5.74) is 0.00361. The van der Waals surface area contributed by atoms with Crippen LogP contribution in [0.3, 0.4) is 0 Å². The highest BCUT2D eigenvalue weighted by Crippen LogP contribution is 2.18. The van der Waals surface area contributed by atoms with E-state index in [1.807, 2.05) is 13.8 Å². The molecule has 2 aliphatic rings. The molecule has 2 aliphatic heterocycles. The molecule has 0 saturated carbocycles. The number of aryl methyl sites for hydroxylation is 2. The van der Waals surface area contributed by atoms with Crippen LogP contribution in [0.4, 0.5) is 0 Å². The minimum Gasteiger partial charge on any atom is -0.466 e. The molecule has 0 spiro atoms. The van der Waals surface area contributed by atoms with Crippen LogP contribution in [-0.4, -0.2) is 64.0 Å². The predicted molar refractivity (Wildman–Crippen MR) is 126 cm³/mol. The lowest BCUT2D eigenvalue weighted by Crippen LogP contribution is -2.48. The van der Waals surface area contributed by atoms with Gasteiger partial charge in [0.05, 0.1) is 12.5 Å². The number of aliphatic imine (C=N–C) groups is 1. The molecule has 10 heteroatoms. The largest absolute Gasteiger partial charge is 0.466 e. The number of hydrogen-bond acceptors (Lipinski definition) is 5. The van der Waals surface area contributed by atoms with Crippen molar-refractivity contribution in [3.8, 4) is 0 Å². The average molecular weight is 534 g/mol. The first-order chi connectivity index (χ1) is 14.1. The van der Waals surface area contributed by atoms with Gasteiger partial charge in [0, 0.05) is 45.7 Å². The van der Waals surface area contributed by atoms with Crippen LogP contribution in [0, 0.1) is 5.92 Å². The standard InChI is InChI=1S/C20H34N6O3.HI/c1-3-21-19(24-12-7-9-16(15-24)18(27)29-4-2)22-11-8-14-26-20(28)25-13-6-5-10-17(25)23-26;/h16H,3-15H2,1-2H3,(H,21,22);1H. The van der Waals surface area contributed by atoms with Crippen molar-refractivity contribution in [1.29, 1.82) is 0 Å². The van der Waals surface area contributed by atoms with Gasteiger partial charge in [-0.3, -0.25) is 14.4 Å². The number of hydrogen-bond donors (Lipinski definition) is 1. The van der Waals surface area contributed by atoms with Crippen LogP contribution in [0.15, 0.2) is 9.79 Å². The zero-order chi connectivity index (χ0) is 20.6. The molecule has 0 bridgehead atoms. The van der Waals surface area contributed by atoms with E-state index in [4.69, 9.17) is 9.73 Å². The van der Waals surface area contributed by atoms with E-state index in [9.17, 15) is 9.59 Å².